The maximum Gasteiger partial charge on any atom is 0.321 e. The molecule has 7 nitrogen and oxygen atoms in total. The third kappa shape index (κ3) is 4.84. The summed E-state index contributed by atoms with van der Waals surface area (Å²) in [5.74, 6) is -0.935. The average Bonchev–Trinajstić information content (AvgIpc) is 2.69. The number of anilines is 2. The van der Waals surface area contributed by atoms with Gasteiger partial charge in [0.1, 0.15) is 0 Å². The third-order valence-corrected chi connectivity index (χ3v) is 4.54. The number of nitrogens with two attached hydrogens (primary N) is 1. The molecule has 27 heavy (non-hydrogen) atoms. The number of rotatable bonds is 4. The first-order valence-electron chi connectivity index (χ1n) is 8.84. The van der Waals surface area contributed by atoms with Crippen molar-refractivity contribution < 1.29 is 14.4 Å². The second kappa shape index (κ2) is 8.35. The zero-order valence-electron chi connectivity index (χ0n) is 14.9. The van der Waals surface area contributed by atoms with Gasteiger partial charge in [0.2, 0.25) is 11.8 Å². The minimum absolute atomic E-state index is 0.140. The number of benzene rings is 2. The monoisotopic (exact) mass is 366 g/mol. The second-order valence-electron chi connectivity index (χ2n) is 6.51. The zero-order valence-corrected chi connectivity index (χ0v) is 14.9. The van der Waals surface area contributed by atoms with Crippen LogP contribution in [0.3, 0.4) is 0 Å². The molecule has 0 saturated carbocycles. The number of piperidine rings is 1. The lowest BCUT2D eigenvalue weighted by molar-refractivity contribution is -0.121. The fourth-order valence-corrected chi connectivity index (χ4v) is 3.06. The number of hydrogen-bond donors (Lipinski definition) is 3. The Hall–Kier alpha value is -3.35. The van der Waals surface area contributed by atoms with Gasteiger partial charge < -0.3 is 21.3 Å². The van der Waals surface area contributed by atoms with Gasteiger partial charge in [0.25, 0.3) is 0 Å². The number of carbonyl (C=O) groups excluding carboxylic acids is 3. The number of likely N-dealkylation sites (tertiary alicyclic amines) is 1. The third-order valence-electron chi connectivity index (χ3n) is 4.54. The molecule has 7 heteroatoms. The van der Waals surface area contributed by atoms with Gasteiger partial charge in [0.15, 0.2) is 0 Å². The van der Waals surface area contributed by atoms with Crippen molar-refractivity contribution in [3.63, 3.8) is 0 Å². The van der Waals surface area contributed by atoms with Gasteiger partial charge in [-0.05, 0) is 49.2 Å². The number of urea groups is 1. The van der Waals surface area contributed by atoms with Gasteiger partial charge in [0.05, 0.1) is 5.92 Å². The van der Waals surface area contributed by atoms with Gasteiger partial charge in [-0.1, -0.05) is 18.2 Å². The molecular formula is C20H22N4O3. The lowest BCUT2D eigenvalue weighted by atomic mass is 9.97. The molecule has 1 atom stereocenters. The lowest BCUT2D eigenvalue weighted by Crippen LogP contribution is -2.45. The number of hydrogen-bond acceptors (Lipinski definition) is 3. The predicted molar refractivity (Wildman–Crippen MR) is 103 cm³/mol. The molecule has 0 aliphatic carbocycles. The van der Waals surface area contributed by atoms with Gasteiger partial charge in [0, 0.05) is 30.0 Å². The molecule has 4 amide bonds. The van der Waals surface area contributed by atoms with Crippen molar-refractivity contribution in [1.29, 1.82) is 0 Å². The van der Waals surface area contributed by atoms with E-state index in [9.17, 15) is 14.4 Å². The molecule has 3 rings (SSSR count). The molecule has 0 bridgehead atoms. The zero-order chi connectivity index (χ0) is 19.2. The lowest BCUT2D eigenvalue weighted by Gasteiger charge is -2.32. The van der Waals surface area contributed by atoms with E-state index in [1.165, 1.54) is 0 Å². The van der Waals surface area contributed by atoms with Crippen LogP contribution in [0, 0.1) is 5.92 Å². The summed E-state index contributed by atoms with van der Waals surface area (Å²) in [5, 5.41) is 5.69. The highest BCUT2D eigenvalue weighted by molar-refractivity contribution is 5.96. The van der Waals surface area contributed by atoms with E-state index in [0.717, 1.165) is 18.5 Å². The van der Waals surface area contributed by atoms with E-state index in [1.807, 2.05) is 30.3 Å². The van der Waals surface area contributed by atoms with Gasteiger partial charge >= 0.3 is 6.03 Å². The normalized spacial score (nSPS) is 16.4. The number of nitrogens with one attached hydrogen (secondary N) is 2. The van der Waals surface area contributed by atoms with E-state index >= 15 is 0 Å². The molecule has 1 fully saturated rings. The van der Waals surface area contributed by atoms with E-state index in [2.05, 4.69) is 10.6 Å². The van der Waals surface area contributed by atoms with E-state index in [1.54, 1.807) is 29.2 Å². The molecular weight excluding hydrogens is 344 g/mol. The molecule has 1 saturated heterocycles. The first kappa shape index (κ1) is 18.4. The predicted octanol–water partition coefficient (Wildman–Crippen LogP) is 2.67. The van der Waals surface area contributed by atoms with Crippen molar-refractivity contribution in [2.45, 2.75) is 12.8 Å². The smallest absolute Gasteiger partial charge is 0.321 e. The molecule has 2 aromatic carbocycles. The molecule has 4 N–H and O–H groups in total. The summed E-state index contributed by atoms with van der Waals surface area (Å²) < 4.78 is 0. The molecule has 2 aromatic rings. The van der Waals surface area contributed by atoms with Gasteiger partial charge in [-0.25, -0.2) is 4.79 Å². The Labute approximate surface area is 157 Å². The number of primary amides is 1. The summed E-state index contributed by atoms with van der Waals surface area (Å²) in [5.41, 5.74) is 6.91. The maximum atomic E-state index is 12.6. The van der Waals surface area contributed by atoms with Crippen LogP contribution in [-0.2, 0) is 4.79 Å². The Morgan fingerprint density at radius 2 is 1.59 bits per heavy atom. The quantitative estimate of drug-likeness (QED) is 0.775. The standard InChI is InChI=1S/C20H22N4O3/c21-18(25)14-8-10-17(11-9-14)22-19(26)15-5-4-12-24(13-15)20(27)23-16-6-2-1-3-7-16/h1-3,6-11,15H,4-5,12-13H2,(H2,21,25)(H,22,26)(H,23,27)/t15-/m0/s1. The van der Waals surface area contributed by atoms with Crippen LogP contribution in [0.25, 0.3) is 0 Å². The van der Waals surface area contributed by atoms with E-state index < -0.39 is 5.91 Å². The molecule has 0 radical (unpaired) electrons. The summed E-state index contributed by atoms with van der Waals surface area (Å²) >= 11 is 0. The van der Waals surface area contributed by atoms with Crippen molar-refractivity contribution in [3.05, 3.63) is 60.2 Å². The van der Waals surface area contributed by atoms with Crippen LogP contribution >= 0.6 is 0 Å². The number of nitrogens with zero attached hydrogens (tertiary/aromatic N) is 1. The fraction of sp³-hybridized carbons (Fsp3) is 0.250. The maximum absolute atomic E-state index is 12.6. The van der Waals surface area contributed by atoms with Crippen LogP contribution < -0.4 is 16.4 Å². The Balaban J connectivity index is 1.57. The molecule has 0 aromatic heterocycles. The molecule has 1 aliphatic heterocycles. The largest absolute Gasteiger partial charge is 0.366 e. The van der Waals surface area contributed by atoms with Gasteiger partial charge in [-0.15, -0.1) is 0 Å². The van der Waals surface area contributed by atoms with Gasteiger partial charge in [-0.3, -0.25) is 9.59 Å². The molecule has 1 heterocycles. The molecule has 140 valence electrons. The van der Waals surface area contributed by atoms with Crippen molar-refractivity contribution >= 4 is 29.2 Å². The number of amides is 4. The first-order valence-corrected chi connectivity index (χ1v) is 8.84. The highest BCUT2D eigenvalue weighted by Crippen LogP contribution is 2.20. The fourth-order valence-electron chi connectivity index (χ4n) is 3.06. The summed E-state index contributed by atoms with van der Waals surface area (Å²) in [6.45, 7) is 0.986. The van der Waals surface area contributed by atoms with E-state index in [-0.39, 0.29) is 17.9 Å². The average molecular weight is 366 g/mol. The number of para-hydroxylation sites is 1. The minimum atomic E-state index is -0.514. The first-order chi connectivity index (χ1) is 13.0. The summed E-state index contributed by atoms with van der Waals surface area (Å²) in [7, 11) is 0. The van der Waals surface area contributed by atoms with Crippen molar-refractivity contribution in [1.82, 2.24) is 4.90 Å². The summed E-state index contributed by atoms with van der Waals surface area (Å²) in [6, 6.07) is 15.4. The molecule has 1 aliphatic rings. The highest BCUT2D eigenvalue weighted by atomic mass is 16.2. The van der Waals surface area contributed by atoms with Crippen molar-refractivity contribution in [2.24, 2.45) is 11.7 Å². The number of carbonyl (C=O) groups is 3. The Kier molecular flexibility index (Phi) is 5.71. The SMILES string of the molecule is NC(=O)c1ccc(NC(=O)[C@H]2CCCN(C(=O)Nc3ccccc3)C2)cc1. The van der Waals surface area contributed by atoms with E-state index in [0.29, 0.717) is 24.3 Å². The van der Waals surface area contributed by atoms with Crippen LogP contribution in [0.1, 0.15) is 23.2 Å². The van der Waals surface area contributed by atoms with Crippen molar-refractivity contribution in [3.8, 4) is 0 Å². The Bertz CT molecular complexity index is 821. The van der Waals surface area contributed by atoms with Crippen LogP contribution in [0.4, 0.5) is 16.2 Å². The summed E-state index contributed by atoms with van der Waals surface area (Å²) in [6.07, 6.45) is 1.49. The molecule has 0 unspecified atom stereocenters. The topological polar surface area (TPSA) is 105 Å². The Morgan fingerprint density at radius 3 is 2.26 bits per heavy atom. The summed E-state index contributed by atoms with van der Waals surface area (Å²) in [4.78, 5) is 37.8. The van der Waals surface area contributed by atoms with Gasteiger partial charge in [-0.2, -0.15) is 0 Å². The van der Waals surface area contributed by atoms with Crippen LogP contribution in [-0.4, -0.2) is 35.8 Å². The van der Waals surface area contributed by atoms with Crippen LogP contribution in [0.5, 0.6) is 0 Å². The van der Waals surface area contributed by atoms with Crippen LogP contribution in [0.15, 0.2) is 54.6 Å². The van der Waals surface area contributed by atoms with E-state index in [4.69, 9.17) is 5.73 Å². The minimum Gasteiger partial charge on any atom is -0.366 e. The van der Waals surface area contributed by atoms with Crippen LogP contribution in [0.2, 0.25) is 0 Å². The highest BCUT2D eigenvalue weighted by Gasteiger charge is 2.28. The Morgan fingerprint density at radius 1 is 0.926 bits per heavy atom. The van der Waals surface area contributed by atoms with Crippen molar-refractivity contribution in [2.75, 3.05) is 23.7 Å². The second-order valence-corrected chi connectivity index (χ2v) is 6.51. The molecule has 0 spiro atoms.